The number of nitrogens with one attached hydrogen (secondary N) is 1. The predicted octanol–water partition coefficient (Wildman–Crippen LogP) is 4.12. The van der Waals surface area contributed by atoms with Crippen molar-refractivity contribution in [1.29, 1.82) is 0 Å². The highest BCUT2D eigenvalue weighted by molar-refractivity contribution is 7.20. The van der Waals surface area contributed by atoms with Crippen LogP contribution in [0.1, 0.15) is 65.0 Å². The van der Waals surface area contributed by atoms with E-state index in [1.54, 1.807) is 6.07 Å². The summed E-state index contributed by atoms with van der Waals surface area (Å²) < 4.78 is 1.42. The molecule has 3 rings (SSSR count). The minimum atomic E-state index is -0.0827. The average Bonchev–Trinajstić information content (AvgIpc) is 2.98. The van der Waals surface area contributed by atoms with Crippen molar-refractivity contribution >= 4 is 21.4 Å². The molecule has 1 fully saturated rings. The zero-order valence-corrected chi connectivity index (χ0v) is 15.7. The number of aryl methyl sites for hydroxylation is 1. The fraction of sp³-hybridized carbons (Fsp3) is 0.722. The van der Waals surface area contributed by atoms with Gasteiger partial charge in [-0.1, -0.05) is 63.7 Å². The lowest BCUT2D eigenvalue weighted by Crippen LogP contribution is -2.31. The quantitative estimate of drug-likeness (QED) is 0.853. The molecule has 6 heteroatoms. The van der Waals surface area contributed by atoms with E-state index in [9.17, 15) is 4.79 Å². The van der Waals surface area contributed by atoms with Crippen LogP contribution in [0.3, 0.4) is 0 Å². The fourth-order valence-electron chi connectivity index (χ4n) is 3.69. The molecule has 1 saturated carbocycles. The van der Waals surface area contributed by atoms with Gasteiger partial charge in [-0.3, -0.25) is 4.79 Å². The Hall–Kier alpha value is -1.43. The molecule has 1 aliphatic rings. The average molecular weight is 349 g/mol. The Morgan fingerprint density at radius 2 is 2.08 bits per heavy atom. The van der Waals surface area contributed by atoms with Crippen molar-refractivity contribution in [3.05, 3.63) is 22.1 Å². The lowest BCUT2D eigenvalue weighted by atomic mass is 9.78. The molecular formula is C18H28N4OS. The summed E-state index contributed by atoms with van der Waals surface area (Å²) in [5, 5.41) is 8.74. The van der Waals surface area contributed by atoms with Crippen molar-refractivity contribution in [2.24, 2.45) is 11.8 Å². The first-order valence-electron chi connectivity index (χ1n) is 9.24. The van der Waals surface area contributed by atoms with Crippen LogP contribution in [0.2, 0.25) is 0 Å². The van der Waals surface area contributed by atoms with Crippen LogP contribution in [0.4, 0.5) is 5.13 Å². The van der Waals surface area contributed by atoms with Gasteiger partial charge in [-0.05, 0) is 25.2 Å². The van der Waals surface area contributed by atoms with Gasteiger partial charge < -0.3 is 5.32 Å². The van der Waals surface area contributed by atoms with Gasteiger partial charge in [0, 0.05) is 17.8 Å². The number of fused-ring (bicyclic) bond motifs is 1. The first-order valence-corrected chi connectivity index (χ1v) is 10.1. The lowest BCUT2D eigenvalue weighted by Gasteiger charge is -2.32. The summed E-state index contributed by atoms with van der Waals surface area (Å²) in [5.41, 5.74) is 0.780. The SMILES string of the molecule is CCCc1cc(=O)n2nc(NC(C)C(C)C3CCCCC3)sc2n1. The van der Waals surface area contributed by atoms with Gasteiger partial charge in [0.2, 0.25) is 10.1 Å². The first kappa shape index (κ1) is 17.4. The molecule has 2 heterocycles. The van der Waals surface area contributed by atoms with Crippen LogP contribution in [0, 0.1) is 11.8 Å². The molecule has 2 unspecified atom stereocenters. The van der Waals surface area contributed by atoms with Crippen LogP contribution in [-0.2, 0) is 6.42 Å². The molecule has 2 atom stereocenters. The molecule has 0 spiro atoms. The molecule has 1 N–H and O–H groups in total. The molecule has 132 valence electrons. The van der Waals surface area contributed by atoms with Crippen molar-refractivity contribution in [3.63, 3.8) is 0 Å². The second-order valence-electron chi connectivity index (χ2n) is 7.13. The summed E-state index contributed by atoms with van der Waals surface area (Å²) in [4.78, 5) is 17.4. The maximum absolute atomic E-state index is 12.2. The standard InChI is InChI=1S/C18H28N4OS/c1-4-8-15-11-16(23)22-18(20-15)24-17(21-22)19-13(3)12(2)14-9-6-5-7-10-14/h11-14H,4-10H2,1-3H3,(H,19,21). The van der Waals surface area contributed by atoms with Gasteiger partial charge in [0.05, 0.1) is 0 Å². The zero-order chi connectivity index (χ0) is 17.1. The van der Waals surface area contributed by atoms with Crippen LogP contribution in [0.5, 0.6) is 0 Å². The molecule has 0 amide bonds. The van der Waals surface area contributed by atoms with E-state index in [1.165, 1.54) is 48.0 Å². The van der Waals surface area contributed by atoms with Crippen molar-refractivity contribution < 1.29 is 0 Å². The number of rotatable bonds is 6. The summed E-state index contributed by atoms with van der Waals surface area (Å²) >= 11 is 1.47. The Kier molecular flexibility index (Phi) is 5.54. The fourth-order valence-corrected chi connectivity index (χ4v) is 4.61. The van der Waals surface area contributed by atoms with Crippen LogP contribution in [0.25, 0.3) is 4.96 Å². The number of hydrogen-bond donors (Lipinski definition) is 1. The third-order valence-corrected chi connectivity index (χ3v) is 6.18. The molecule has 5 nitrogen and oxygen atoms in total. The third kappa shape index (κ3) is 3.79. The molecule has 1 aliphatic carbocycles. The van der Waals surface area contributed by atoms with E-state index in [0.29, 0.717) is 16.9 Å². The topological polar surface area (TPSA) is 59.3 Å². The van der Waals surface area contributed by atoms with E-state index in [2.05, 4.69) is 36.2 Å². The molecular weight excluding hydrogens is 320 g/mol. The van der Waals surface area contributed by atoms with Crippen LogP contribution < -0.4 is 10.9 Å². The smallest absolute Gasteiger partial charge is 0.275 e. The highest BCUT2D eigenvalue weighted by Crippen LogP contribution is 2.32. The van der Waals surface area contributed by atoms with E-state index in [0.717, 1.165) is 29.6 Å². The minimum absolute atomic E-state index is 0.0827. The van der Waals surface area contributed by atoms with Crippen molar-refractivity contribution in [2.75, 3.05) is 5.32 Å². The van der Waals surface area contributed by atoms with E-state index in [1.807, 2.05) is 0 Å². The third-order valence-electron chi connectivity index (χ3n) is 5.34. The van der Waals surface area contributed by atoms with Crippen LogP contribution in [-0.4, -0.2) is 20.6 Å². The van der Waals surface area contributed by atoms with Gasteiger partial charge in [0.15, 0.2) is 0 Å². The van der Waals surface area contributed by atoms with E-state index < -0.39 is 0 Å². The Morgan fingerprint density at radius 3 is 2.79 bits per heavy atom. The second kappa shape index (κ2) is 7.64. The molecule has 2 aromatic rings. The molecule has 0 bridgehead atoms. The summed E-state index contributed by atoms with van der Waals surface area (Å²) in [6.07, 6.45) is 8.62. The van der Waals surface area contributed by atoms with E-state index in [-0.39, 0.29) is 5.56 Å². The Morgan fingerprint density at radius 1 is 1.33 bits per heavy atom. The molecule has 0 aliphatic heterocycles. The summed E-state index contributed by atoms with van der Waals surface area (Å²) in [7, 11) is 0. The normalized spacial score (nSPS) is 18.6. The van der Waals surface area contributed by atoms with Gasteiger partial charge in [0.1, 0.15) is 0 Å². The van der Waals surface area contributed by atoms with Crippen LogP contribution in [0.15, 0.2) is 10.9 Å². The zero-order valence-electron chi connectivity index (χ0n) is 14.9. The largest absolute Gasteiger partial charge is 0.357 e. The number of nitrogens with zero attached hydrogens (tertiary/aromatic N) is 3. The summed E-state index contributed by atoms with van der Waals surface area (Å²) in [6, 6.07) is 1.95. The highest BCUT2D eigenvalue weighted by Gasteiger charge is 2.25. The minimum Gasteiger partial charge on any atom is -0.357 e. The van der Waals surface area contributed by atoms with Gasteiger partial charge in [0.25, 0.3) is 5.56 Å². The Balaban J connectivity index is 1.74. The van der Waals surface area contributed by atoms with Gasteiger partial charge >= 0.3 is 0 Å². The summed E-state index contributed by atoms with van der Waals surface area (Å²) in [6.45, 7) is 6.66. The first-order chi connectivity index (χ1) is 11.6. The maximum Gasteiger partial charge on any atom is 0.275 e. The number of aromatic nitrogens is 3. The molecule has 2 aromatic heterocycles. The molecule has 0 radical (unpaired) electrons. The lowest BCUT2D eigenvalue weighted by molar-refractivity contribution is 0.246. The van der Waals surface area contributed by atoms with Gasteiger partial charge in [-0.2, -0.15) is 4.52 Å². The Bertz CT molecular complexity index is 732. The van der Waals surface area contributed by atoms with E-state index in [4.69, 9.17) is 0 Å². The molecule has 0 saturated heterocycles. The second-order valence-corrected chi connectivity index (χ2v) is 8.08. The molecule has 24 heavy (non-hydrogen) atoms. The highest BCUT2D eigenvalue weighted by atomic mass is 32.1. The van der Waals surface area contributed by atoms with Gasteiger partial charge in [-0.25, -0.2) is 4.98 Å². The van der Waals surface area contributed by atoms with Crippen LogP contribution >= 0.6 is 11.3 Å². The van der Waals surface area contributed by atoms with Gasteiger partial charge in [-0.15, -0.1) is 5.10 Å². The number of hydrogen-bond acceptors (Lipinski definition) is 5. The predicted molar refractivity (Wildman–Crippen MR) is 100.0 cm³/mol. The van der Waals surface area contributed by atoms with Crippen molar-refractivity contribution in [1.82, 2.24) is 14.6 Å². The number of anilines is 1. The molecule has 0 aromatic carbocycles. The Labute approximate surface area is 147 Å². The monoisotopic (exact) mass is 348 g/mol. The van der Waals surface area contributed by atoms with E-state index >= 15 is 0 Å². The summed E-state index contributed by atoms with van der Waals surface area (Å²) in [5.74, 6) is 1.41. The van der Waals surface area contributed by atoms with Crippen molar-refractivity contribution in [3.8, 4) is 0 Å². The van der Waals surface area contributed by atoms with Crippen molar-refractivity contribution in [2.45, 2.75) is 71.8 Å². The maximum atomic E-state index is 12.2.